The maximum absolute atomic E-state index is 16.1. The van der Waals surface area contributed by atoms with Gasteiger partial charge in [-0.3, -0.25) is 23.7 Å². The van der Waals surface area contributed by atoms with Crippen LogP contribution in [0.1, 0.15) is 45.3 Å². The molecule has 1 aromatic carbocycles. The first-order chi connectivity index (χ1) is 19.4. The Labute approximate surface area is 233 Å². The average Bonchev–Trinajstić information content (AvgIpc) is 3.32. The Kier molecular flexibility index (Phi) is 7.48. The molecule has 1 aromatic heterocycles. The summed E-state index contributed by atoms with van der Waals surface area (Å²) in [5.41, 5.74) is -7.88. The van der Waals surface area contributed by atoms with Crippen molar-refractivity contribution in [2.45, 2.75) is 80.6 Å². The average molecular weight is 594 g/mol. The first kappa shape index (κ1) is 29.2. The molecule has 3 aliphatic rings. The highest BCUT2D eigenvalue weighted by atomic mass is 31.2. The van der Waals surface area contributed by atoms with Gasteiger partial charge in [-0.15, -0.1) is 6.42 Å². The zero-order valence-corrected chi connectivity index (χ0v) is 22.8. The van der Waals surface area contributed by atoms with E-state index in [2.05, 4.69) is 5.09 Å². The van der Waals surface area contributed by atoms with Gasteiger partial charge in [-0.25, -0.2) is 13.8 Å². The van der Waals surface area contributed by atoms with Crippen molar-refractivity contribution >= 4 is 13.7 Å². The minimum atomic E-state index is -4.74. The molecular weight excluding hydrogens is 564 g/mol. The summed E-state index contributed by atoms with van der Waals surface area (Å²) in [5, 5.41) is 24.9. The van der Waals surface area contributed by atoms with E-state index in [9.17, 15) is 29.2 Å². The van der Waals surface area contributed by atoms with E-state index in [1.807, 2.05) is 10.9 Å². The number of benzene rings is 1. The van der Waals surface area contributed by atoms with Crippen LogP contribution in [0.15, 0.2) is 52.2 Å². The number of alkyl halides is 1. The van der Waals surface area contributed by atoms with Crippen molar-refractivity contribution in [3.63, 3.8) is 0 Å². The molecule has 13 nitrogen and oxygen atoms in total. The van der Waals surface area contributed by atoms with Crippen LogP contribution in [0.5, 0.6) is 5.75 Å². The van der Waals surface area contributed by atoms with Gasteiger partial charge in [0.2, 0.25) is 11.2 Å². The van der Waals surface area contributed by atoms with Crippen molar-refractivity contribution in [1.82, 2.24) is 14.6 Å². The smallest absolute Gasteiger partial charge is 0.460 e. The summed E-state index contributed by atoms with van der Waals surface area (Å²) < 4.78 is 52.3. The van der Waals surface area contributed by atoms with Crippen molar-refractivity contribution in [2.75, 3.05) is 0 Å². The van der Waals surface area contributed by atoms with E-state index < -0.39 is 60.4 Å². The van der Waals surface area contributed by atoms with Gasteiger partial charge in [0, 0.05) is 12.3 Å². The Balaban J connectivity index is 1.40. The predicted octanol–water partition coefficient (Wildman–Crippen LogP) is 1.27. The van der Waals surface area contributed by atoms with Crippen LogP contribution in [0.4, 0.5) is 4.39 Å². The van der Waals surface area contributed by atoms with Crippen molar-refractivity contribution in [3.05, 3.63) is 63.4 Å². The Hall–Kier alpha value is -3.31. The molecular formula is C26H29FN3O10P. The number of ether oxygens (including phenoxy) is 2. The number of H-pyrrole nitrogens is 1. The highest BCUT2D eigenvalue weighted by Crippen LogP contribution is 2.71. The first-order valence-electron chi connectivity index (χ1n) is 13.0. The summed E-state index contributed by atoms with van der Waals surface area (Å²) in [4.78, 5) is 38.4. The molecule has 0 radical (unpaired) electrons. The third-order valence-electron chi connectivity index (χ3n) is 7.45. The summed E-state index contributed by atoms with van der Waals surface area (Å²) in [7, 11) is -4.74. The van der Waals surface area contributed by atoms with Crippen LogP contribution in [0.3, 0.4) is 0 Å². The summed E-state index contributed by atoms with van der Waals surface area (Å²) in [5.74, 6) is -2.19. The van der Waals surface area contributed by atoms with E-state index in [1.165, 1.54) is 19.1 Å². The molecule has 220 valence electrons. The molecule has 5 rings (SSSR count). The fourth-order valence-electron chi connectivity index (χ4n) is 5.19. The monoisotopic (exact) mass is 593 g/mol. The van der Waals surface area contributed by atoms with E-state index >= 15 is 4.39 Å². The van der Waals surface area contributed by atoms with Gasteiger partial charge >= 0.3 is 19.4 Å². The highest BCUT2D eigenvalue weighted by molar-refractivity contribution is 7.52. The van der Waals surface area contributed by atoms with Crippen molar-refractivity contribution < 1.29 is 42.5 Å². The second-order valence-corrected chi connectivity index (χ2v) is 11.9. The highest BCUT2D eigenvalue weighted by Gasteiger charge is 2.97. The fraction of sp³-hybridized carbons (Fsp3) is 0.500. The Morgan fingerprint density at radius 3 is 2.56 bits per heavy atom. The van der Waals surface area contributed by atoms with Crippen LogP contribution in [0.2, 0.25) is 0 Å². The van der Waals surface area contributed by atoms with E-state index in [-0.39, 0.29) is 11.9 Å². The van der Waals surface area contributed by atoms with Gasteiger partial charge in [-0.1, -0.05) is 30.5 Å². The number of carbonyl (C=O) groups is 1. The molecule has 41 heavy (non-hydrogen) atoms. The number of esters is 1. The quantitative estimate of drug-likeness (QED) is 0.187. The number of para-hydroxylation sites is 1. The molecule has 2 aromatic rings. The van der Waals surface area contributed by atoms with E-state index in [4.69, 9.17) is 24.9 Å². The molecule has 3 fully saturated rings. The topological polar surface area (TPSA) is 178 Å². The SMILES string of the molecule is C#C[C@]1(O)[C@H](n2ccc(=O)[nH]c2=O)O[C@]2(F)C(OP(=O)(NC(C)C(=O)OC3CCCCC3)Oc3ccccc3)[C@@]21O. The first-order valence-corrected chi connectivity index (χ1v) is 14.5. The van der Waals surface area contributed by atoms with Crippen molar-refractivity contribution in [2.24, 2.45) is 0 Å². The predicted molar refractivity (Wildman–Crippen MR) is 139 cm³/mol. The lowest BCUT2D eigenvalue weighted by Gasteiger charge is -2.32. The zero-order valence-electron chi connectivity index (χ0n) is 21.9. The molecule has 0 amide bonds. The lowest BCUT2D eigenvalue weighted by Crippen LogP contribution is -2.52. The molecule has 0 spiro atoms. The molecule has 2 saturated carbocycles. The molecule has 15 heteroatoms. The number of aromatic nitrogens is 2. The van der Waals surface area contributed by atoms with Gasteiger partial charge in [0.15, 0.2) is 12.3 Å². The minimum Gasteiger partial charge on any atom is -0.461 e. The number of fused-ring (bicyclic) bond motifs is 1. The second-order valence-electron chi connectivity index (χ2n) is 10.2. The summed E-state index contributed by atoms with van der Waals surface area (Å²) in [6, 6.07) is 7.24. The fourth-order valence-corrected chi connectivity index (χ4v) is 6.89. The number of nitrogens with one attached hydrogen (secondary N) is 2. The normalized spacial score (nSPS) is 33.1. The van der Waals surface area contributed by atoms with Crippen molar-refractivity contribution in [1.29, 1.82) is 0 Å². The molecule has 4 N–H and O–H groups in total. The minimum absolute atomic E-state index is 0.00712. The van der Waals surface area contributed by atoms with E-state index in [0.29, 0.717) is 17.4 Å². The number of aliphatic hydroxyl groups is 2. The number of halogens is 1. The Morgan fingerprint density at radius 2 is 1.93 bits per heavy atom. The molecule has 1 aliphatic heterocycles. The van der Waals surface area contributed by atoms with Gasteiger partial charge in [-0.05, 0) is 44.7 Å². The number of hydrogen-bond acceptors (Lipinski definition) is 10. The van der Waals surface area contributed by atoms with Gasteiger partial charge in [0.05, 0.1) is 0 Å². The van der Waals surface area contributed by atoms with E-state index in [1.54, 1.807) is 18.2 Å². The maximum Gasteiger partial charge on any atom is 0.460 e. The third kappa shape index (κ3) is 4.92. The number of aromatic amines is 1. The van der Waals surface area contributed by atoms with Gasteiger partial charge in [-0.2, -0.15) is 5.09 Å². The summed E-state index contributed by atoms with van der Waals surface area (Å²) >= 11 is 0. The second kappa shape index (κ2) is 10.5. The van der Waals surface area contributed by atoms with Gasteiger partial charge in [0.25, 0.3) is 11.4 Å². The van der Waals surface area contributed by atoms with Crippen LogP contribution in [-0.4, -0.2) is 61.0 Å². The summed E-state index contributed by atoms with van der Waals surface area (Å²) in [6.07, 6.45) is 6.08. The number of hydrogen-bond donors (Lipinski definition) is 4. The third-order valence-corrected chi connectivity index (χ3v) is 9.09. The van der Waals surface area contributed by atoms with Crippen LogP contribution in [0.25, 0.3) is 0 Å². The largest absolute Gasteiger partial charge is 0.461 e. The summed E-state index contributed by atoms with van der Waals surface area (Å²) in [6.45, 7) is 1.34. The number of carbonyl (C=O) groups excluding carboxylic acids is 1. The van der Waals surface area contributed by atoms with Gasteiger partial charge < -0.3 is 24.2 Å². The van der Waals surface area contributed by atoms with Crippen LogP contribution < -0.4 is 20.9 Å². The molecule has 1 saturated heterocycles. The standard InChI is InChI=1S/C26H29FN3O10P/c1-3-24(34)22(30-15-14-19(31)28-23(30)33)38-26(27)21(25(24,26)35)40-41(36,39-18-12-8-5-9-13-18)29-16(2)20(32)37-17-10-6-4-7-11-17/h1,5,8-9,12-17,21-22,34-35H,4,6-7,10-11H2,2H3,(H,29,36)(H,28,31,33)/t16?,21?,22-,24+,25+,26-,41?/m1/s1. The van der Waals surface area contributed by atoms with Crippen LogP contribution >= 0.6 is 7.75 Å². The molecule has 0 bridgehead atoms. The van der Waals surface area contributed by atoms with E-state index in [0.717, 1.165) is 31.5 Å². The Bertz CT molecular complexity index is 1520. The van der Waals surface area contributed by atoms with Crippen LogP contribution in [0, 0.1) is 12.3 Å². The number of nitrogens with zero attached hydrogens (tertiary/aromatic N) is 1. The van der Waals surface area contributed by atoms with Gasteiger partial charge in [0.1, 0.15) is 17.9 Å². The molecule has 2 heterocycles. The molecule has 2 aliphatic carbocycles. The number of rotatable bonds is 9. The molecule has 7 atom stereocenters. The Morgan fingerprint density at radius 1 is 1.24 bits per heavy atom. The lowest BCUT2D eigenvalue weighted by atomic mass is 9.93. The molecule has 3 unspecified atom stereocenters. The maximum atomic E-state index is 16.1. The number of terminal acetylenes is 1. The van der Waals surface area contributed by atoms with Crippen LogP contribution in [-0.2, 0) is 23.4 Å². The zero-order chi connectivity index (χ0) is 29.6. The van der Waals surface area contributed by atoms with Crippen molar-refractivity contribution in [3.8, 4) is 18.1 Å². The lowest BCUT2D eigenvalue weighted by molar-refractivity contribution is -0.167.